The Balaban J connectivity index is 1.31. The lowest BCUT2D eigenvalue weighted by Gasteiger charge is -2.54. The second-order valence-corrected chi connectivity index (χ2v) is 11.2. The predicted molar refractivity (Wildman–Crippen MR) is 124 cm³/mol. The van der Waals surface area contributed by atoms with Crippen LogP contribution in [0.3, 0.4) is 0 Å². The maximum atomic E-state index is 7.26. The molecule has 2 N–H and O–H groups in total. The van der Waals surface area contributed by atoms with Crippen molar-refractivity contribution in [1.29, 1.82) is 0 Å². The molecule has 1 saturated heterocycles. The molecule has 2 spiro atoms. The highest BCUT2D eigenvalue weighted by Crippen LogP contribution is 2.69. The minimum Gasteiger partial charge on any atom is -0.359 e. The molecule has 2 bridgehead atoms. The van der Waals surface area contributed by atoms with Gasteiger partial charge in [-0.2, -0.15) is 0 Å². The molecule has 3 unspecified atom stereocenters. The highest BCUT2D eigenvalue weighted by atomic mass is 16.5. The second kappa shape index (κ2) is 6.08. The molecule has 0 radical (unpaired) electrons. The molecule has 2 saturated carbocycles. The van der Waals surface area contributed by atoms with Gasteiger partial charge in [-0.25, -0.2) is 0 Å². The van der Waals surface area contributed by atoms with Gasteiger partial charge in [-0.15, -0.1) is 0 Å². The van der Waals surface area contributed by atoms with Crippen LogP contribution in [0.25, 0.3) is 10.8 Å². The van der Waals surface area contributed by atoms with Crippen LogP contribution >= 0.6 is 0 Å². The van der Waals surface area contributed by atoms with Crippen molar-refractivity contribution in [2.45, 2.75) is 81.5 Å². The summed E-state index contributed by atoms with van der Waals surface area (Å²) < 4.78 is 7.26. The van der Waals surface area contributed by atoms with Crippen LogP contribution in [-0.2, 0) is 4.74 Å². The molecule has 7 rings (SSSR count). The third kappa shape index (κ3) is 2.34. The SMILES string of the molecule is CC12CC=C3C=C4CCC(N)C[C@]45CC[C@]3(O5)[C@@H]1CCC2c1ccc2ccncc2c1. The number of nitrogens with zero attached hydrogens (tertiary/aromatic N) is 1. The van der Waals surface area contributed by atoms with E-state index in [1.165, 1.54) is 46.7 Å². The van der Waals surface area contributed by atoms with Gasteiger partial charge in [0.1, 0.15) is 0 Å². The van der Waals surface area contributed by atoms with E-state index in [9.17, 15) is 0 Å². The van der Waals surface area contributed by atoms with E-state index in [4.69, 9.17) is 10.5 Å². The first-order valence-corrected chi connectivity index (χ1v) is 12.2. The Morgan fingerprint density at radius 1 is 1.10 bits per heavy atom. The van der Waals surface area contributed by atoms with Gasteiger partial charge in [0.25, 0.3) is 0 Å². The fourth-order valence-corrected chi connectivity index (χ4v) is 8.31. The van der Waals surface area contributed by atoms with Crippen molar-refractivity contribution < 1.29 is 4.74 Å². The van der Waals surface area contributed by atoms with E-state index in [1.54, 1.807) is 0 Å². The van der Waals surface area contributed by atoms with Crippen molar-refractivity contribution in [3.63, 3.8) is 0 Å². The molecule has 1 aromatic carbocycles. The molecule has 3 heterocycles. The summed E-state index contributed by atoms with van der Waals surface area (Å²) in [5, 5.41) is 2.54. The largest absolute Gasteiger partial charge is 0.359 e. The van der Waals surface area contributed by atoms with E-state index in [-0.39, 0.29) is 22.7 Å². The molecular formula is C28H32N2O. The molecule has 3 fully saturated rings. The van der Waals surface area contributed by atoms with E-state index in [1.807, 2.05) is 12.4 Å². The number of ether oxygens (including phenoxy) is 1. The van der Waals surface area contributed by atoms with Crippen LogP contribution in [0.5, 0.6) is 0 Å². The molecule has 5 aliphatic rings. The average Bonchev–Trinajstić information content (AvgIpc) is 3.28. The number of hydrogen-bond acceptors (Lipinski definition) is 3. The monoisotopic (exact) mass is 412 g/mol. The van der Waals surface area contributed by atoms with Crippen molar-refractivity contribution >= 4 is 10.8 Å². The lowest BCUT2D eigenvalue weighted by molar-refractivity contribution is -0.135. The van der Waals surface area contributed by atoms with E-state index in [0.717, 1.165) is 32.1 Å². The zero-order valence-electron chi connectivity index (χ0n) is 18.4. The van der Waals surface area contributed by atoms with Gasteiger partial charge in [-0.3, -0.25) is 4.98 Å². The second-order valence-electron chi connectivity index (χ2n) is 11.2. The van der Waals surface area contributed by atoms with Gasteiger partial charge in [0, 0.05) is 23.8 Å². The number of aromatic nitrogens is 1. The lowest BCUT2D eigenvalue weighted by Crippen LogP contribution is -2.54. The number of benzene rings is 1. The Bertz CT molecular complexity index is 1150. The first-order chi connectivity index (χ1) is 15.0. The smallest absolute Gasteiger partial charge is 0.0974 e. The van der Waals surface area contributed by atoms with Crippen LogP contribution in [0.1, 0.15) is 69.8 Å². The number of hydrogen-bond donors (Lipinski definition) is 1. The van der Waals surface area contributed by atoms with Crippen molar-refractivity contribution in [3.8, 4) is 0 Å². The molecule has 3 heteroatoms. The third-order valence-electron chi connectivity index (χ3n) is 9.79. The van der Waals surface area contributed by atoms with Gasteiger partial charge >= 0.3 is 0 Å². The Morgan fingerprint density at radius 3 is 2.97 bits per heavy atom. The topological polar surface area (TPSA) is 48.1 Å². The molecule has 2 aromatic rings. The Morgan fingerprint density at radius 2 is 2.03 bits per heavy atom. The number of nitrogens with two attached hydrogens (primary N) is 1. The molecule has 0 amide bonds. The number of allylic oxidation sites excluding steroid dienone is 1. The molecular weight excluding hydrogens is 380 g/mol. The number of pyridine rings is 1. The fourth-order valence-electron chi connectivity index (χ4n) is 8.31. The van der Waals surface area contributed by atoms with Crippen molar-refractivity contribution in [1.82, 2.24) is 4.98 Å². The normalized spacial score (nSPS) is 43.1. The summed E-state index contributed by atoms with van der Waals surface area (Å²) in [7, 11) is 0. The first-order valence-electron chi connectivity index (χ1n) is 12.2. The van der Waals surface area contributed by atoms with Crippen LogP contribution in [0.4, 0.5) is 0 Å². The summed E-state index contributed by atoms with van der Waals surface area (Å²) in [6.45, 7) is 2.55. The lowest BCUT2D eigenvalue weighted by atomic mass is 9.58. The Hall–Kier alpha value is -1.97. The van der Waals surface area contributed by atoms with Gasteiger partial charge in [0.05, 0.1) is 11.2 Å². The van der Waals surface area contributed by atoms with Crippen LogP contribution < -0.4 is 5.73 Å². The molecule has 2 aliphatic heterocycles. The Kier molecular flexibility index (Phi) is 3.65. The number of rotatable bonds is 1. The van der Waals surface area contributed by atoms with E-state index in [2.05, 4.69) is 48.3 Å². The maximum Gasteiger partial charge on any atom is 0.0974 e. The van der Waals surface area contributed by atoms with Crippen LogP contribution in [0.2, 0.25) is 0 Å². The zero-order chi connectivity index (χ0) is 20.8. The molecule has 31 heavy (non-hydrogen) atoms. The molecule has 6 atom stereocenters. The summed E-state index contributed by atoms with van der Waals surface area (Å²) in [4.78, 5) is 4.36. The van der Waals surface area contributed by atoms with Crippen LogP contribution in [0.15, 0.2) is 60.0 Å². The van der Waals surface area contributed by atoms with E-state index < -0.39 is 0 Å². The van der Waals surface area contributed by atoms with Crippen molar-refractivity contribution in [2.24, 2.45) is 17.1 Å². The van der Waals surface area contributed by atoms with Crippen molar-refractivity contribution in [3.05, 3.63) is 65.5 Å². The van der Waals surface area contributed by atoms with Gasteiger partial charge in [0.15, 0.2) is 0 Å². The molecule has 1 aromatic heterocycles. The van der Waals surface area contributed by atoms with Crippen LogP contribution in [0, 0.1) is 11.3 Å². The van der Waals surface area contributed by atoms with Gasteiger partial charge in [-0.1, -0.05) is 31.2 Å². The Labute approximate surface area is 184 Å². The summed E-state index contributed by atoms with van der Waals surface area (Å²) in [5.41, 5.74) is 11.0. The summed E-state index contributed by atoms with van der Waals surface area (Å²) in [6.07, 6.45) is 18.2. The zero-order valence-corrected chi connectivity index (χ0v) is 18.4. The van der Waals surface area contributed by atoms with Gasteiger partial charge < -0.3 is 10.5 Å². The van der Waals surface area contributed by atoms with E-state index in [0.29, 0.717) is 11.8 Å². The first kappa shape index (κ1) is 18.6. The third-order valence-corrected chi connectivity index (χ3v) is 9.79. The van der Waals surface area contributed by atoms with Gasteiger partial charge in [-0.05, 0) is 103 Å². The van der Waals surface area contributed by atoms with Crippen LogP contribution in [-0.4, -0.2) is 22.2 Å². The summed E-state index contributed by atoms with van der Waals surface area (Å²) in [5.74, 6) is 1.17. The number of fused-ring (bicyclic) bond motifs is 2. The molecule has 160 valence electrons. The minimum absolute atomic E-state index is 0.0695. The standard InChI is InChI=1S/C28H32N2O/c1-26-10-8-22-15-21-4-5-23(29)16-27(21)11-12-28(22,31-27)25(26)7-6-24(26)19-3-2-18-9-13-30-17-20(18)14-19/h2-3,8-9,13-15,17,23-25H,4-7,10-12,16,29H2,1H3/t23?,24?,25-,26?,27-,28-/m1/s1. The van der Waals surface area contributed by atoms with Crippen molar-refractivity contribution in [2.75, 3.05) is 0 Å². The summed E-state index contributed by atoms with van der Waals surface area (Å²) in [6, 6.07) is 9.45. The minimum atomic E-state index is -0.0826. The molecule has 3 aliphatic carbocycles. The van der Waals surface area contributed by atoms with Gasteiger partial charge in [0.2, 0.25) is 0 Å². The van der Waals surface area contributed by atoms with E-state index >= 15 is 0 Å². The fraction of sp³-hybridized carbons (Fsp3) is 0.536. The predicted octanol–water partition coefficient (Wildman–Crippen LogP) is 5.80. The average molecular weight is 413 g/mol. The summed E-state index contributed by atoms with van der Waals surface area (Å²) >= 11 is 0. The highest BCUT2D eigenvalue weighted by Gasteiger charge is 2.66. The molecule has 3 nitrogen and oxygen atoms in total. The quantitative estimate of drug-likeness (QED) is 0.643. The maximum absolute atomic E-state index is 7.26. The highest BCUT2D eigenvalue weighted by molar-refractivity contribution is 5.82.